The molecule has 0 radical (unpaired) electrons. The zero-order valence-corrected chi connectivity index (χ0v) is 11.9. The number of nitrogens with zero attached hydrogens (tertiary/aromatic N) is 2. The van der Waals surface area contributed by atoms with Crippen LogP contribution in [-0.4, -0.2) is 27.5 Å². The van der Waals surface area contributed by atoms with Gasteiger partial charge in [0.2, 0.25) is 0 Å². The van der Waals surface area contributed by atoms with E-state index in [1.165, 1.54) is 6.20 Å². The van der Waals surface area contributed by atoms with Crippen molar-refractivity contribution < 1.29 is 14.6 Å². The van der Waals surface area contributed by atoms with Crippen molar-refractivity contribution in [3.8, 4) is 5.75 Å². The van der Waals surface area contributed by atoms with E-state index in [0.717, 1.165) is 10.2 Å². The first-order chi connectivity index (χ1) is 9.06. The van der Waals surface area contributed by atoms with Gasteiger partial charge in [-0.3, -0.25) is 4.68 Å². The molecule has 0 aliphatic heterocycles. The van der Waals surface area contributed by atoms with Crippen molar-refractivity contribution >= 4 is 21.9 Å². The second-order valence-corrected chi connectivity index (χ2v) is 4.91. The minimum absolute atomic E-state index is 0.226. The molecular formula is C13H13BrN2O3. The van der Waals surface area contributed by atoms with Crippen LogP contribution in [-0.2, 0) is 6.54 Å². The number of carbonyl (C=O) groups is 1. The van der Waals surface area contributed by atoms with Gasteiger partial charge >= 0.3 is 5.97 Å². The molecule has 0 spiro atoms. The van der Waals surface area contributed by atoms with E-state index < -0.39 is 5.97 Å². The standard InChI is InChI=1S/C13H13BrN2O3/c1-9-12(13(17)18)8-16(15-9)6-7-19-11-4-2-10(14)3-5-11/h2-5,8H,6-7H2,1H3,(H,17,18). The Balaban J connectivity index is 1.90. The Morgan fingerprint density at radius 3 is 2.68 bits per heavy atom. The van der Waals surface area contributed by atoms with Crippen molar-refractivity contribution in [2.45, 2.75) is 13.5 Å². The van der Waals surface area contributed by atoms with Crippen LogP contribution in [0.1, 0.15) is 16.1 Å². The zero-order chi connectivity index (χ0) is 13.8. The minimum Gasteiger partial charge on any atom is -0.492 e. The third-order valence-corrected chi connectivity index (χ3v) is 3.11. The van der Waals surface area contributed by atoms with E-state index in [9.17, 15) is 4.79 Å². The summed E-state index contributed by atoms with van der Waals surface area (Å²) >= 11 is 3.35. The maximum Gasteiger partial charge on any atom is 0.339 e. The highest BCUT2D eigenvalue weighted by Crippen LogP contribution is 2.16. The largest absolute Gasteiger partial charge is 0.492 e. The van der Waals surface area contributed by atoms with Gasteiger partial charge in [-0.25, -0.2) is 4.79 Å². The molecule has 6 heteroatoms. The molecule has 1 heterocycles. The number of carboxylic acids is 1. The minimum atomic E-state index is -0.961. The number of hydrogen-bond donors (Lipinski definition) is 1. The van der Waals surface area contributed by atoms with Gasteiger partial charge in [0.1, 0.15) is 17.9 Å². The Labute approximate surface area is 118 Å². The van der Waals surface area contributed by atoms with E-state index in [-0.39, 0.29) is 5.56 Å². The molecule has 1 aromatic carbocycles. The Hall–Kier alpha value is -1.82. The summed E-state index contributed by atoms with van der Waals surface area (Å²) in [6.07, 6.45) is 1.52. The van der Waals surface area contributed by atoms with Crippen LogP contribution >= 0.6 is 15.9 Å². The lowest BCUT2D eigenvalue weighted by Gasteiger charge is -2.06. The topological polar surface area (TPSA) is 64.4 Å². The highest BCUT2D eigenvalue weighted by atomic mass is 79.9. The van der Waals surface area contributed by atoms with E-state index in [1.54, 1.807) is 11.6 Å². The van der Waals surface area contributed by atoms with Gasteiger partial charge in [-0.1, -0.05) is 15.9 Å². The number of carboxylic acid groups (broad SMARTS) is 1. The first kappa shape index (κ1) is 13.6. The van der Waals surface area contributed by atoms with E-state index >= 15 is 0 Å². The number of ether oxygens (including phenoxy) is 1. The third kappa shape index (κ3) is 3.57. The molecule has 0 bridgehead atoms. The molecule has 2 rings (SSSR count). The lowest BCUT2D eigenvalue weighted by Crippen LogP contribution is -2.08. The maximum absolute atomic E-state index is 10.9. The fraction of sp³-hybridized carbons (Fsp3) is 0.231. The summed E-state index contributed by atoms with van der Waals surface area (Å²) in [5.74, 6) is -0.192. The first-order valence-electron chi connectivity index (χ1n) is 5.72. The van der Waals surface area contributed by atoms with E-state index in [4.69, 9.17) is 9.84 Å². The van der Waals surface area contributed by atoms with E-state index in [0.29, 0.717) is 18.8 Å². The van der Waals surface area contributed by atoms with Gasteiger partial charge in [-0.15, -0.1) is 0 Å². The Morgan fingerprint density at radius 2 is 2.11 bits per heavy atom. The van der Waals surface area contributed by atoms with Crippen molar-refractivity contribution in [2.75, 3.05) is 6.61 Å². The number of aromatic carboxylic acids is 1. The van der Waals surface area contributed by atoms with Crippen molar-refractivity contribution in [1.82, 2.24) is 9.78 Å². The maximum atomic E-state index is 10.9. The summed E-state index contributed by atoms with van der Waals surface area (Å²) in [6.45, 7) is 2.61. The van der Waals surface area contributed by atoms with E-state index in [2.05, 4.69) is 21.0 Å². The van der Waals surface area contributed by atoms with Gasteiger partial charge in [0.25, 0.3) is 0 Å². The van der Waals surface area contributed by atoms with Gasteiger partial charge in [-0.05, 0) is 31.2 Å². The summed E-state index contributed by atoms with van der Waals surface area (Å²) in [4.78, 5) is 10.9. The predicted molar refractivity (Wildman–Crippen MR) is 73.6 cm³/mol. The second kappa shape index (κ2) is 5.88. The molecule has 100 valence electrons. The average molecular weight is 325 g/mol. The Morgan fingerprint density at radius 1 is 1.42 bits per heavy atom. The molecule has 2 aromatic rings. The molecule has 0 unspecified atom stereocenters. The number of halogens is 1. The normalized spacial score (nSPS) is 10.4. The quantitative estimate of drug-likeness (QED) is 0.918. The highest BCUT2D eigenvalue weighted by molar-refractivity contribution is 9.10. The first-order valence-corrected chi connectivity index (χ1v) is 6.51. The molecule has 19 heavy (non-hydrogen) atoms. The van der Waals surface area contributed by atoms with Crippen LogP contribution in [0.3, 0.4) is 0 Å². The van der Waals surface area contributed by atoms with Crippen LogP contribution in [0.2, 0.25) is 0 Å². The third-order valence-electron chi connectivity index (χ3n) is 2.58. The molecule has 0 atom stereocenters. The Kier molecular flexibility index (Phi) is 4.21. The average Bonchev–Trinajstić information content (AvgIpc) is 2.73. The number of aromatic nitrogens is 2. The van der Waals surface area contributed by atoms with Gasteiger partial charge in [0.05, 0.1) is 12.2 Å². The number of aryl methyl sites for hydroxylation is 1. The fourth-order valence-electron chi connectivity index (χ4n) is 1.63. The molecule has 0 saturated heterocycles. The van der Waals surface area contributed by atoms with Crippen molar-refractivity contribution in [3.05, 3.63) is 46.2 Å². The summed E-state index contributed by atoms with van der Waals surface area (Å²) in [7, 11) is 0. The molecule has 5 nitrogen and oxygen atoms in total. The van der Waals surface area contributed by atoms with Crippen LogP contribution in [0.25, 0.3) is 0 Å². The van der Waals surface area contributed by atoms with Crippen LogP contribution in [0.15, 0.2) is 34.9 Å². The van der Waals surface area contributed by atoms with Crippen molar-refractivity contribution in [2.24, 2.45) is 0 Å². The monoisotopic (exact) mass is 324 g/mol. The van der Waals surface area contributed by atoms with Gasteiger partial charge in [0.15, 0.2) is 0 Å². The van der Waals surface area contributed by atoms with Crippen LogP contribution in [0.5, 0.6) is 5.75 Å². The number of benzene rings is 1. The lowest BCUT2D eigenvalue weighted by atomic mass is 10.3. The molecular weight excluding hydrogens is 312 g/mol. The van der Waals surface area contributed by atoms with E-state index in [1.807, 2.05) is 24.3 Å². The van der Waals surface area contributed by atoms with Crippen molar-refractivity contribution in [3.63, 3.8) is 0 Å². The molecule has 0 aliphatic carbocycles. The predicted octanol–water partition coefficient (Wildman–Crippen LogP) is 2.73. The number of rotatable bonds is 5. The molecule has 1 aromatic heterocycles. The second-order valence-electron chi connectivity index (χ2n) is 4.00. The Bertz CT molecular complexity index is 578. The van der Waals surface area contributed by atoms with Crippen LogP contribution in [0, 0.1) is 6.92 Å². The molecule has 0 saturated carbocycles. The van der Waals surface area contributed by atoms with Gasteiger partial charge < -0.3 is 9.84 Å². The van der Waals surface area contributed by atoms with Crippen LogP contribution < -0.4 is 4.74 Å². The summed E-state index contributed by atoms with van der Waals surface area (Å²) in [6, 6.07) is 7.52. The van der Waals surface area contributed by atoms with Gasteiger partial charge in [0, 0.05) is 10.7 Å². The molecule has 0 amide bonds. The summed E-state index contributed by atoms with van der Waals surface area (Å²) in [5.41, 5.74) is 0.736. The summed E-state index contributed by atoms with van der Waals surface area (Å²) < 4.78 is 8.12. The zero-order valence-electron chi connectivity index (χ0n) is 10.3. The fourth-order valence-corrected chi connectivity index (χ4v) is 1.89. The molecule has 0 aliphatic rings. The molecule has 1 N–H and O–H groups in total. The smallest absolute Gasteiger partial charge is 0.339 e. The highest BCUT2D eigenvalue weighted by Gasteiger charge is 2.11. The molecule has 0 fully saturated rings. The lowest BCUT2D eigenvalue weighted by molar-refractivity contribution is 0.0696. The van der Waals surface area contributed by atoms with Crippen LogP contribution in [0.4, 0.5) is 0 Å². The SMILES string of the molecule is Cc1nn(CCOc2ccc(Br)cc2)cc1C(=O)O. The number of hydrogen-bond acceptors (Lipinski definition) is 3. The van der Waals surface area contributed by atoms with Gasteiger partial charge in [-0.2, -0.15) is 5.10 Å². The van der Waals surface area contributed by atoms with Crippen molar-refractivity contribution in [1.29, 1.82) is 0 Å². The summed E-state index contributed by atoms with van der Waals surface area (Å²) in [5, 5.41) is 13.0.